The fourth-order valence-corrected chi connectivity index (χ4v) is 5.35. The zero-order valence-electron chi connectivity index (χ0n) is 21.1. The van der Waals surface area contributed by atoms with Gasteiger partial charge in [0.2, 0.25) is 5.91 Å². The lowest BCUT2D eigenvalue weighted by Crippen LogP contribution is -2.25. The Morgan fingerprint density at radius 2 is 1.67 bits per heavy atom. The number of amides is 2. The summed E-state index contributed by atoms with van der Waals surface area (Å²) in [5, 5.41) is 8.65. The summed E-state index contributed by atoms with van der Waals surface area (Å²) in [5.41, 5.74) is 2.78. The first-order chi connectivity index (χ1) is 18.8. The van der Waals surface area contributed by atoms with Gasteiger partial charge in [0.1, 0.15) is 16.7 Å². The Labute approximate surface area is 227 Å². The van der Waals surface area contributed by atoms with E-state index in [9.17, 15) is 18.4 Å². The predicted octanol–water partition coefficient (Wildman–Crippen LogP) is 5.16. The molecular weight excluding hydrogens is 526 g/mol. The van der Waals surface area contributed by atoms with Crippen LogP contribution in [0.2, 0.25) is 0 Å². The number of benzene rings is 3. The molecule has 3 aromatic carbocycles. The molecule has 11 heteroatoms. The molecule has 0 bridgehead atoms. The van der Waals surface area contributed by atoms with Crippen LogP contribution in [0.4, 0.5) is 14.5 Å². The molecule has 2 aliphatic rings. The van der Waals surface area contributed by atoms with Crippen LogP contribution >= 0.6 is 11.8 Å². The van der Waals surface area contributed by atoms with E-state index in [0.29, 0.717) is 11.6 Å². The minimum Gasteiger partial charge on any atom is -0.497 e. The van der Waals surface area contributed by atoms with Crippen LogP contribution in [-0.4, -0.2) is 47.2 Å². The topological polar surface area (TPSA) is 92.6 Å². The standard InChI is InChI=1S/C28H24F2N4O4S/c1-37-19-8-3-16(4-9-19)23-14-24(17-5-10-20(38-2)11-6-17)34(33-23)28-32-27(36)25(39-28)15-26(35)31-18-7-12-21(29)22(30)13-18/h3-13,24-25H,14-15H2,1-2H3,(H,31,35)/t24-,25+/m1/s1. The monoisotopic (exact) mass is 550 g/mol. The summed E-state index contributed by atoms with van der Waals surface area (Å²) in [4.78, 5) is 29.6. The van der Waals surface area contributed by atoms with E-state index in [1.54, 1.807) is 19.2 Å². The Morgan fingerprint density at radius 1 is 1.00 bits per heavy atom. The fraction of sp³-hybridized carbons (Fsp3) is 0.214. The Bertz CT molecular complexity index is 1460. The molecule has 0 spiro atoms. The Kier molecular flexibility index (Phi) is 7.60. The van der Waals surface area contributed by atoms with Crippen LogP contribution < -0.4 is 14.8 Å². The average Bonchev–Trinajstić information content (AvgIpc) is 3.54. The molecule has 2 amide bonds. The van der Waals surface area contributed by atoms with Crippen molar-refractivity contribution in [2.75, 3.05) is 19.5 Å². The van der Waals surface area contributed by atoms with Gasteiger partial charge in [0.25, 0.3) is 5.91 Å². The maximum atomic E-state index is 13.5. The zero-order valence-corrected chi connectivity index (χ0v) is 21.9. The smallest absolute Gasteiger partial charge is 0.262 e. The Balaban J connectivity index is 1.35. The van der Waals surface area contributed by atoms with Gasteiger partial charge in [-0.15, -0.1) is 0 Å². The van der Waals surface area contributed by atoms with Crippen molar-refractivity contribution in [1.82, 2.24) is 5.01 Å². The van der Waals surface area contributed by atoms with Crippen molar-refractivity contribution in [2.24, 2.45) is 10.1 Å². The number of methoxy groups -OCH3 is 2. The van der Waals surface area contributed by atoms with Crippen LogP contribution in [0.15, 0.2) is 76.8 Å². The number of hydrogen-bond donors (Lipinski definition) is 1. The molecule has 2 heterocycles. The molecule has 1 N–H and O–H groups in total. The van der Waals surface area contributed by atoms with Gasteiger partial charge < -0.3 is 14.8 Å². The van der Waals surface area contributed by atoms with Crippen LogP contribution in [0.1, 0.15) is 30.0 Å². The molecule has 8 nitrogen and oxygen atoms in total. The number of rotatable bonds is 7. The van der Waals surface area contributed by atoms with E-state index in [1.807, 2.05) is 48.5 Å². The van der Waals surface area contributed by atoms with Crippen LogP contribution in [0.5, 0.6) is 11.5 Å². The number of carbonyl (C=O) groups excluding carboxylic acids is 2. The van der Waals surface area contributed by atoms with Crippen molar-refractivity contribution in [2.45, 2.75) is 24.1 Å². The van der Waals surface area contributed by atoms with Crippen molar-refractivity contribution in [3.8, 4) is 11.5 Å². The molecule has 0 saturated carbocycles. The number of hydrazone groups is 1. The molecule has 0 saturated heterocycles. The Hall–Kier alpha value is -4.25. The van der Waals surface area contributed by atoms with Gasteiger partial charge in [0.05, 0.1) is 26.0 Å². The molecule has 0 aliphatic carbocycles. The van der Waals surface area contributed by atoms with Gasteiger partial charge in [0.15, 0.2) is 16.8 Å². The highest BCUT2D eigenvalue weighted by Crippen LogP contribution is 2.39. The molecule has 2 aliphatic heterocycles. The van der Waals surface area contributed by atoms with Crippen LogP contribution in [0.3, 0.4) is 0 Å². The minimum atomic E-state index is -1.08. The van der Waals surface area contributed by atoms with Crippen molar-refractivity contribution < 1.29 is 27.8 Å². The number of halogens is 2. The lowest BCUT2D eigenvalue weighted by molar-refractivity contribution is -0.121. The number of hydrogen-bond acceptors (Lipinski definition) is 7. The molecule has 2 atom stereocenters. The average molecular weight is 551 g/mol. The summed E-state index contributed by atoms with van der Waals surface area (Å²) < 4.78 is 37.2. The molecule has 0 fully saturated rings. The van der Waals surface area contributed by atoms with E-state index in [-0.39, 0.29) is 18.2 Å². The summed E-state index contributed by atoms with van der Waals surface area (Å²) in [6.45, 7) is 0. The second-order valence-electron chi connectivity index (χ2n) is 8.83. The SMILES string of the molecule is COc1ccc(C2=NN(C3=NC(=O)[C@H](CC(=O)Nc4ccc(F)c(F)c4)S3)[C@@H](c3ccc(OC)cc3)C2)cc1. The van der Waals surface area contributed by atoms with E-state index >= 15 is 0 Å². The van der Waals surface area contributed by atoms with Crippen LogP contribution in [0, 0.1) is 11.6 Å². The lowest BCUT2D eigenvalue weighted by atomic mass is 9.98. The lowest BCUT2D eigenvalue weighted by Gasteiger charge is -2.23. The summed E-state index contributed by atoms with van der Waals surface area (Å²) in [7, 11) is 3.20. The van der Waals surface area contributed by atoms with Gasteiger partial charge >= 0.3 is 0 Å². The molecule has 200 valence electrons. The normalized spacial score (nSPS) is 18.6. The second kappa shape index (κ2) is 11.2. The third-order valence-electron chi connectivity index (χ3n) is 6.33. The van der Waals surface area contributed by atoms with Crippen LogP contribution in [-0.2, 0) is 9.59 Å². The number of nitrogens with zero attached hydrogens (tertiary/aromatic N) is 3. The molecule has 0 radical (unpaired) electrons. The van der Waals surface area contributed by atoms with Crippen LogP contribution in [0.25, 0.3) is 0 Å². The maximum absolute atomic E-state index is 13.5. The first kappa shape index (κ1) is 26.4. The molecule has 39 heavy (non-hydrogen) atoms. The number of thioether (sulfide) groups is 1. The van der Waals surface area contributed by atoms with Gasteiger partial charge in [-0.05, 0) is 59.7 Å². The van der Waals surface area contributed by atoms with Crippen molar-refractivity contribution in [1.29, 1.82) is 0 Å². The third-order valence-corrected chi connectivity index (χ3v) is 7.48. The highest BCUT2D eigenvalue weighted by Gasteiger charge is 2.39. The number of carbonyl (C=O) groups is 2. The minimum absolute atomic E-state index is 0.100. The first-order valence-corrected chi connectivity index (χ1v) is 12.9. The second-order valence-corrected chi connectivity index (χ2v) is 10.0. The number of anilines is 1. The fourth-order valence-electron chi connectivity index (χ4n) is 4.29. The maximum Gasteiger partial charge on any atom is 0.262 e. The van der Waals surface area contributed by atoms with E-state index in [2.05, 4.69) is 10.3 Å². The number of amidine groups is 1. The largest absolute Gasteiger partial charge is 0.497 e. The molecule has 0 unspecified atom stereocenters. The van der Waals surface area contributed by atoms with Crippen molar-refractivity contribution in [3.05, 3.63) is 89.5 Å². The van der Waals surface area contributed by atoms with Crippen molar-refractivity contribution >= 4 is 40.1 Å². The summed E-state index contributed by atoms with van der Waals surface area (Å²) >= 11 is 1.15. The van der Waals surface area contributed by atoms with Crippen molar-refractivity contribution in [3.63, 3.8) is 0 Å². The van der Waals surface area contributed by atoms with Gasteiger partial charge in [0, 0.05) is 24.6 Å². The van der Waals surface area contributed by atoms with Gasteiger partial charge in [-0.2, -0.15) is 10.1 Å². The quantitative estimate of drug-likeness (QED) is 0.437. The highest BCUT2D eigenvalue weighted by atomic mass is 32.2. The third kappa shape index (κ3) is 5.78. The van der Waals surface area contributed by atoms with Gasteiger partial charge in [-0.1, -0.05) is 23.9 Å². The number of aliphatic imine (C=N–C) groups is 1. The highest BCUT2D eigenvalue weighted by molar-refractivity contribution is 8.15. The van der Waals surface area contributed by atoms with E-state index < -0.39 is 28.7 Å². The summed E-state index contributed by atoms with van der Waals surface area (Å²) in [5.74, 6) is -1.62. The molecular formula is C28H24F2N4O4S. The van der Waals surface area contributed by atoms with E-state index in [1.165, 1.54) is 6.07 Å². The Morgan fingerprint density at radius 3 is 2.31 bits per heavy atom. The molecule has 5 rings (SSSR count). The summed E-state index contributed by atoms with van der Waals surface area (Å²) in [6, 6.07) is 18.0. The van der Waals surface area contributed by atoms with E-state index in [0.717, 1.165) is 52.2 Å². The first-order valence-electron chi connectivity index (χ1n) is 12.0. The van der Waals surface area contributed by atoms with Gasteiger partial charge in [-0.25, -0.2) is 13.8 Å². The van der Waals surface area contributed by atoms with Gasteiger partial charge in [-0.3, -0.25) is 9.59 Å². The summed E-state index contributed by atoms with van der Waals surface area (Å²) in [6.07, 6.45) is 0.374. The molecule has 0 aromatic heterocycles. The van der Waals surface area contributed by atoms with E-state index in [4.69, 9.17) is 14.6 Å². The zero-order chi connectivity index (χ0) is 27.5. The predicted molar refractivity (Wildman–Crippen MR) is 145 cm³/mol. The number of ether oxygens (including phenoxy) is 2. The molecule has 3 aromatic rings. The number of nitrogens with one attached hydrogen (secondary N) is 1.